The fraction of sp³-hybridized carbons (Fsp3) is 0.833. The van der Waals surface area contributed by atoms with E-state index in [0.717, 1.165) is 6.42 Å². The first-order chi connectivity index (χ1) is 8.56. The summed E-state index contributed by atoms with van der Waals surface area (Å²) in [5.74, 6) is 0.0424. The lowest BCUT2D eigenvalue weighted by Gasteiger charge is -2.35. The predicted octanol–water partition coefficient (Wildman–Crippen LogP) is -0.569. The van der Waals surface area contributed by atoms with Crippen LogP contribution in [0.3, 0.4) is 0 Å². The van der Waals surface area contributed by atoms with E-state index in [9.17, 15) is 9.59 Å². The minimum absolute atomic E-state index is 0.0192. The molecule has 0 bridgehead atoms. The number of methoxy groups -OCH3 is 1. The second kappa shape index (κ2) is 7.33. The molecule has 0 radical (unpaired) electrons. The van der Waals surface area contributed by atoms with Crippen molar-refractivity contribution >= 4 is 11.8 Å². The van der Waals surface area contributed by atoms with Crippen LogP contribution in [0.5, 0.6) is 0 Å². The number of hydrogen-bond acceptors (Lipinski definition) is 4. The number of carbonyl (C=O) groups is 2. The molecule has 1 fully saturated rings. The highest BCUT2D eigenvalue weighted by atomic mass is 16.5. The van der Waals surface area contributed by atoms with Gasteiger partial charge in [-0.25, -0.2) is 0 Å². The fourth-order valence-electron chi connectivity index (χ4n) is 2.05. The maximum Gasteiger partial charge on any atom is 0.239 e. The fourth-order valence-corrected chi connectivity index (χ4v) is 2.05. The summed E-state index contributed by atoms with van der Waals surface area (Å²) in [6.45, 7) is 4.54. The molecule has 6 heteroatoms. The van der Waals surface area contributed by atoms with Crippen molar-refractivity contribution in [1.29, 1.82) is 0 Å². The van der Waals surface area contributed by atoms with Gasteiger partial charge in [0.15, 0.2) is 0 Å². The van der Waals surface area contributed by atoms with E-state index >= 15 is 0 Å². The van der Waals surface area contributed by atoms with E-state index in [0.29, 0.717) is 39.2 Å². The summed E-state index contributed by atoms with van der Waals surface area (Å²) in [5, 5.41) is 0. The van der Waals surface area contributed by atoms with Gasteiger partial charge in [-0.15, -0.1) is 0 Å². The number of ether oxygens (including phenoxy) is 1. The van der Waals surface area contributed by atoms with Crippen LogP contribution in [0.15, 0.2) is 0 Å². The monoisotopic (exact) mass is 257 g/mol. The second-order valence-corrected chi connectivity index (χ2v) is 4.57. The van der Waals surface area contributed by atoms with Crippen LogP contribution in [0, 0.1) is 0 Å². The topological polar surface area (TPSA) is 75.9 Å². The molecule has 1 rings (SSSR count). The van der Waals surface area contributed by atoms with Gasteiger partial charge >= 0.3 is 0 Å². The Balaban J connectivity index is 2.32. The Morgan fingerprint density at radius 1 is 1.22 bits per heavy atom. The molecule has 0 spiro atoms. The predicted molar refractivity (Wildman–Crippen MR) is 67.9 cm³/mol. The Morgan fingerprint density at radius 3 is 2.28 bits per heavy atom. The molecule has 0 aromatic carbocycles. The van der Waals surface area contributed by atoms with Crippen molar-refractivity contribution in [2.75, 3.05) is 39.9 Å². The first-order valence-corrected chi connectivity index (χ1v) is 6.35. The Bertz CT molecular complexity index is 288. The summed E-state index contributed by atoms with van der Waals surface area (Å²) < 4.78 is 4.93. The molecule has 0 saturated carbocycles. The molecule has 1 heterocycles. The smallest absolute Gasteiger partial charge is 0.239 e. The third-order valence-electron chi connectivity index (χ3n) is 3.22. The molecule has 0 aromatic heterocycles. The third kappa shape index (κ3) is 4.27. The maximum absolute atomic E-state index is 12.0. The zero-order valence-corrected chi connectivity index (χ0v) is 11.2. The van der Waals surface area contributed by atoms with Crippen molar-refractivity contribution in [2.24, 2.45) is 5.73 Å². The molecule has 1 aliphatic heterocycles. The highest BCUT2D eigenvalue weighted by Gasteiger charge is 2.25. The molecule has 1 unspecified atom stereocenters. The molecular formula is C12H23N3O3. The number of rotatable bonds is 5. The minimum atomic E-state index is -0.455. The first-order valence-electron chi connectivity index (χ1n) is 6.35. The van der Waals surface area contributed by atoms with Gasteiger partial charge in [-0.05, 0) is 12.8 Å². The molecular weight excluding hydrogens is 234 g/mol. The largest absolute Gasteiger partial charge is 0.385 e. The number of amides is 2. The normalized spacial score (nSPS) is 17.7. The van der Waals surface area contributed by atoms with Crippen LogP contribution in [-0.2, 0) is 14.3 Å². The lowest BCUT2D eigenvalue weighted by molar-refractivity contribution is -0.139. The number of nitrogens with zero attached hydrogens (tertiary/aromatic N) is 2. The van der Waals surface area contributed by atoms with Gasteiger partial charge in [0, 0.05) is 46.8 Å². The van der Waals surface area contributed by atoms with Gasteiger partial charge in [0.05, 0.1) is 6.04 Å². The molecule has 6 nitrogen and oxygen atoms in total. The Morgan fingerprint density at radius 2 is 1.78 bits per heavy atom. The van der Waals surface area contributed by atoms with Gasteiger partial charge in [-0.2, -0.15) is 0 Å². The molecule has 0 aliphatic carbocycles. The Hall–Kier alpha value is -1.14. The molecule has 1 aliphatic rings. The van der Waals surface area contributed by atoms with Crippen molar-refractivity contribution in [1.82, 2.24) is 9.80 Å². The average Bonchev–Trinajstić information content (AvgIpc) is 2.38. The molecule has 2 amide bonds. The second-order valence-electron chi connectivity index (χ2n) is 4.57. The lowest BCUT2D eigenvalue weighted by Crippen LogP contribution is -2.54. The van der Waals surface area contributed by atoms with Crippen LogP contribution >= 0.6 is 0 Å². The van der Waals surface area contributed by atoms with E-state index in [4.69, 9.17) is 10.5 Å². The SMILES string of the molecule is COCCCC(N)C(=O)N1CCN(C(C)=O)CC1. The van der Waals surface area contributed by atoms with Crippen molar-refractivity contribution in [2.45, 2.75) is 25.8 Å². The molecule has 0 aromatic rings. The van der Waals surface area contributed by atoms with E-state index in [1.807, 2.05) is 0 Å². The molecule has 18 heavy (non-hydrogen) atoms. The van der Waals surface area contributed by atoms with E-state index in [2.05, 4.69) is 0 Å². The van der Waals surface area contributed by atoms with Crippen molar-refractivity contribution in [3.63, 3.8) is 0 Å². The quantitative estimate of drug-likeness (QED) is 0.669. The molecule has 2 N–H and O–H groups in total. The van der Waals surface area contributed by atoms with Crippen LogP contribution in [0.2, 0.25) is 0 Å². The van der Waals surface area contributed by atoms with Crippen LogP contribution in [0.1, 0.15) is 19.8 Å². The van der Waals surface area contributed by atoms with E-state index < -0.39 is 6.04 Å². The summed E-state index contributed by atoms with van der Waals surface area (Å²) in [5.41, 5.74) is 5.86. The zero-order valence-electron chi connectivity index (χ0n) is 11.2. The van der Waals surface area contributed by atoms with E-state index in [1.54, 1.807) is 23.8 Å². The minimum Gasteiger partial charge on any atom is -0.385 e. The highest BCUT2D eigenvalue weighted by molar-refractivity contribution is 5.82. The summed E-state index contributed by atoms with van der Waals surface area (Å²) >= 11 is 0. The van der Waals surface area contributed by atoms with Crippen LogP contribution in [-0.4, -0.2) is 67.6 Å². The van der Waals surface area contributed by atoms with Crippen molar-refractivity contribution in [3.8, 4) is 0 Å². The van der Waals surface area contributed by atoms with E-state index in [1.165, 1.54) is 0 Å². The lowest BCUT2D eigenvalue weighted by atomic mass is 10.1. The number of carbonyl (C=O) groups excluding carboxylic acids is 2. The van der Waals surface area contributed by atoms with Crippen molar-refractivity contribution in [3.05, 3.63) is 0 Å². The summed E-state index contributed by atoms with van der Waals surface area (Å²) in [6, 6.07) is -0.455. The Kier molecular flexibility index (Phi) is 6.07. The van der Waals surface area contributed by atoms with E-state index in [-0.39, 0.29) is 11.8 Å². The molecule has 1 atom stereocenters. The van der Waals surface area contributed by atoms with Gasteiger partial charge < -0.3 is 20.3 Å². The van der Waals surface area contributed by atoms with Crippen LogP contribution < -0.4 is 5.73 Å². The van der Waals surface area contributed by atoms with Crippen LogP contribution in [0.4, 0.5) is 0 Å². The van der Waals surface area contributed by atoms with Gasteiger partial charge in [0.1, 0.15) is 0 Å². The summed E-state index contributed by atoms with van der Waals surface area (Å²) in [6.07, 6.45) is 1.43. The summed E-state index contributed by atoms with van der Waals surface area (Å²) in [4.78, 5) is 26.7. The average molecular weight is 257 g/mol. The first kappa shape index (κ1) is 14.9. The van der Waals surface area contributed by atoms with Crippen LogP contribution in [0.25, 0.3) is 0 Å². The number of hydrogen-bond donors (Lipinski definition) is 1. The van der Waals surface area contributed by atoms with Crippen molar-refractivity contribution < 1.29 is 14.3 Å². The number of nitrogens with two attached hydrogens (primary N) is 1. The van der Waals surface area contributed by atoms with Gasteiger partial charge in [-0.1, -0.05) is 0 Å². The molecule has 104 valence electrons. The van der Waals surface area contributed by atoms with Gasteiger partial charge in [0.25, 0.3) is 0 Å². The molecule has 1 saturated heterocycles. The zero-order chi connectivity index (χ0) is 13.5. The maximum atomic E-state index is 12.0. The highest BCUT2D eigenvalue weighted by Crippen LogP contribution is 2.06. The summed E-state index contributed by atoms with van der Waals surface area (Å²) in [7, 11) is 1.63. The van der Waals surface area contributed by atoms with Gasteiger partial charge in [-0.3, -0.25) is 9.59 Å². The van der Waals surface area contributed by atoms with Gasteiger partial charge in [0.2, 0.25) is 11.8 Å². The third-order valence-corrected chi connectivity index (χ3v) is 3.22. The Labute approximate surface area is 108 Å². The number of piperazine rings is 1. The standard InChI is InChI=1S/C12H23N3O3/c1-10(16)14-5-7-15(8-6-14)12(17)11(13)4-3-9-18-2/h11H,3-9,13H2,1-2H3.